The molecule has 0 bridgehead atoms. The van der Waals surface area contributed by atoms with Crippen molar-refractivity contribution >= 4 is 52.6 Å². The maximum Gasteiger partial charge on any atom is 0.408 e. The monoisotopic (exact) mass is 916 g/mol. The van der Waals surface area contributed by atoms with Crippen molar-refractivity contribution in [2.24, 2.45) is 5.92 Å². The predicted molar refractivity (Wildman–Crippen MR) is 246 cm³/mol. The Morgan fingerprint density at radius 1 is 0.938 bits per heavy atom. The fraction of sp³-hybridized carbons (Fsp3) is 0.553. The normalized spacial score (nSPS) is 25.3. The summed E-state index contributed by atoms with van der Waals surface area (Å²) in [6.07, 6.45) is 7.48. The second-order valence-corrected chi connectivity index (χ2v) is 21.4. The Bertz CT molecular complexity index is 2370. The number of hydrogen-bond acceptors (Lipinski definition) is 12. The first-order chi connectivity index (χ1) is 30.9. The van der Waals surface area contributed by atoms with E-state index in [-0.39, 0.29) is 37.2 Å². The lowest BCUT2D eigenvalue weighted by Crippen LogP contribution is -2.55. The van der Waals surface area contributed by atoms with Gasteiger partial charge in [-0.1, -0.05) is 50.3 Å². The minimum absolute atomic E-state index is 0.0235. The number of methoxy groups -OCH3 is 2. The molecule has 2 saturated heterocycles. The number of nitrogens with zero attached hydrogens (tertiary/aromatic N) is 3. The van der Waals surface area contributed by atoms with Gasteiger partial charge in [-0.2, -0.15) is 0 Å². The second-order valence-electron chi connectivity index (χ2n) is 18.0. The van der Waals surface area contributed by atoms with Crippen molar-refractivity contribution < 1.29 is 42.8 Å². The fourth-order valence-corrected chi connectivity index (χ4v) is 13.0. The van der Waals surface area contributed by atoms with Crippen LogP contribution in [0.3, 0.4) is 0 Å². The van der Waals surface area contributed by atoms with Crippen LogP contribution in [0.15, 0.2) is 53.9 Å². The van der Waals surface area contributed by atoms with Crippen LogP contribution in [0, 0.1) is 5.92 Å². The van der Waals surface area contributed by atoms with E-state index in [0.717, 1.165) is 56.5 Å². The molecule has 17 heteroatoms. The molecule has 0 spiro atoms. The van der Waals surface area contributed by atoms with E-state index in [2.05, 4.69) is 16.0 Å². The van der Waals surface area contributed by atoms with Gasteiger partial charge in [0.15, 0.2) is 5.13 Å². The van der Waals surface area contributed by atoms with Gasteiger partial charge in [-0.25, -0.2) is 14.8 Å². The van der Waals surface area contributed by atoms with Gasteiger partial charge >= 0.3 is 6.09 Å². The average molecular weight is 917 g/mol. The second kappa shape index (κ2) is 19.7. The number of alkyl carbamates (subject to hydrolysis) is 1. The van der Waals surface area contributed by atoms with Gasteiger partial charge in [0, 0.05) is 40.9 Å². The number of fused-ring (bicyclic) bond motifs is 3. The van der Waals surface area contributed by atoms with E-state index in [1.54, 1.807) is 25.3 Å². The lowest BCUT2D eigenvalue weighted by Gasteiger charge is -2.31. The number of anilines is 1. The first-order valence-corrected chi connectivity index (χ1v) is 25.5. The molecular formula is C47H61N6O9PS. The van der Waals surface area contributed by atoms with Gasteiger partial charge in [0.25, 0.3) is 0 Å². The maximum absolute atomic E-state index is 14.9. The number of ether oxygens (including phenoxy) is 4. The summed E-state index contributed by atoms with van der Waals surface area (Å²) in [5, 5.41) is 11.4. The number of thiazole rings is 1. The standard InChI is InChI=1S/C47H61N6O9PS/c1-29(2)48-45-50-39(28-64-45)38-24-42(35-21-20-33(59-3)22-37(35)49-38)61-34-23-40-43(54)52-47(63(57,58)27-30-14-10-13-19-41(30)60-4)25-31(47)15-8-6-5-7-9-18-36(44(55)53(40)26-34)51-46(56)62-32-16-11-12-17-32/h10,13-14,19-22,24,28-29,31-32,34,36,40H,5-9,11-12,15-18,23,25-27H2,1-4H3,(H,48,50)(H,51,56)(H,52,54)(H,57,58)/t31-,34+,36-,40-,47-/m0/s1. The molecular weight excluding hydrogens is 856 g/mol. The summed E-state index contributed by atoms with van der Waals surface area (Å²) in [7, 11) is -1.01. The van der Waals surface area contributed by atoms with Crippen molar-refractivity contribution in [2.75, 3.05) is 26.1 Å². The van der Waals surface area contributed by atoms with Crippen LogP contribution in [0.4, 0.5) is 9.93 Å². The van der Waals surface area contributed by atoms with Gasteiger partial charge in [0.1, 0.15) is 52.5 Å². The highest BCUT2D eigenvalue weighted by molar-refractivity contribution is 7.59. The smallest absolute Gasteiger partial charge is 0.408 e. The van der Waals surface area contributed by atoms with Crippen LogP contribution < -0.4 is 30.2 Å². The molecule has 3 amide bonds. The summed E-state index contributed by atoms with van der Waals surface area (Å²) in [5.41, 5.74) is 2.42. The van der Waals surface area contributed by atoms with Crippen LogP contribution >= 0.6 is 18.7 Å². The minimum Gasteiger partial charge on any atom is -0.497 e. The molecule has 2 saturated carbocycles. The number of aromatic nitrogens is 2. The van der Waals surface area contributed by atoms with Crippen LogP contribution in [0.5, 0.6) is 17.2 Å². The van der Waals surface area contributed by atoms with Crippen LogP contribution in [0.1, 0.15) is 103 Å². The van der Waals surface area contributed by atoms with Gasteiger partial charge in [0.2, 0.25) is 19.2 Å². The highest BCUT2D eigenvalue weighted by Crippen LogP contribution is 2.72. The molecule has 2 aromatic carbocycles. The van der Waals surface area contributed by atoms with Gasteiger partial charge in [-0.3, -0.25) is 14.2 Å². The number of rotatable bonds is 12. The Hall–Kier alpha value is -4.92. The summed E-state index contributed by atoms with van der Waals surface area (Å²) in [5.74, 6) is 0.423. The number of amides is 3. The highest BCUT2D eigenvalue weighted by Gasteiger charge is 2.66. The van der Waals surface area contributed by atoms with Crippen molar-refractivity contribution in [3.05, 3.63) is 59.5 Å². The van der Waals surface area contributed by atoms with Crippen molar-refractivity contribution in [3.63, 3.8) is 0 Å². The van der Waals surface area contributed by atoms with Gasteiger partial charge in [0.05, 0.1) is 38.1 Å². The molecule has 4 fully saturated rings. The number of pyridine rings is 1. The topological polar surface area (TPSA) is 191 Å². The van der Waals surface area contributed by atoms with Gasteiger partial charge in [-0.15, -0.1) is 11.3 Å². The van der Waals surface area contributed by atoms with Crippen LogP contribution in [0.25, 0.3) is 22.3 Å². The maximum atomic E-state index is 14.9. The molecule has 6 atom stereocenters. The number of para-hydroxylation sites is 1. The summed E-state index contributed by atoms with van der Waals surface area (Å²) in [6.45, 7) is 4.11. The van der Waals surface area contributed by atoms with Gasteiger partial charge in [-0.05, 0) is 82.9 Å². The number of carbonyl (C=O) groups is 3. The summed E-state index contributed by atoms with van der Waals surface area (Å²) >= 11 is 1.47. The molecule has 4 heterocycles. The molecule has 2 aliphatic carbocycles. The van der Waals surface area contributed by atoms with E-state index in [9.17, 15) is 23.8 Å². The molecule has 2 aromatic heterocycles. The molecule has 344 valence electrons. The summed E-state index contributed by atoms with van der Waals surface area (Å²) in [6, 6.07) is 12.6. The number of hydrogen-bond donors (Lipinski definition) is 4. The molecule has 4 aliphatic rings. The molecule has 0 radical (unpaired) electrons. The van der Waals surface area contributed by atoms with E-state index in [0.29, 0.717) is 70.8 Å². The first kappa shape index (κ1) is 45.6. The number of benzene rings is 2. The van der Waals surface area contributed by atoms with Crippen LogP contribution in [-0.4, -0.2) is 94.0 Å². The third kappa shape index (κ3) is 10.1. The zero-order chi connectivity index (χ0) is 45.0. The average Bonchev–Trinajstić information content (AvgIpc) is 3.69. The van der Waals surface area contributed by atoms with Crippen molar-refractivity contribution in [1.29, 1.82) is 0 Å². The Morgan fingerprint density at radius 3 is 2.45 bits per heavy atom. The Kier molecular flexibility index (Phi) is 14.0. The molecule has 15 nitrogen and oxygen atoms in total. The van der Waals surface area contributed by atoms with E-state index < -0.39 is 48.7 Å². The van der Waals surface area contributed by atoms with Crippen molar-refractivity contribution in [3.8, 4) is 28.6 Å². The molecule has 2 aliphatic heterocycles. The molecule has 1 unspecified atom stereocenters. The Balaban J connectivity index is 1.13. The minimum atomic E-state index is -4.13. The predicted octanol–water partition coefficient (Wildman–Crippen LogP) is 8.63. The first-order valence-electron chi connectivity index (χ1n) is 22.8. The molecule has 4 aromatic rings. The number of carbonyl (C=O) groups excluding carboxylic acids is 3. The number of nitrogens with one attached hydrogen (secondary N) is 3. The Morgan fingerprint density at radius 2 is 1.69 bits per heavy atom. The zero-order valence-electron chi connectivity index (χ0n) is 37.2. The largest absolute Gasteiger partial charge is 0.497 e. The van der Waals surface area contributed by atoms with E-state index in [1.165, 1.54) is 23.3 Å². The lowest BCUT2D eigenvalue weighted by atomic mass is 10.0. The molecule has 64 heavy (non-hydrogen) atoms. The quantitative estimate of drug-likeness (QED) is 0.0992. The van der Waals surface area contributed by atoms with Crippen LogP contribution in [0.2, 0.25) is 0 Å². The lowest BCUT2D eigenvalue weighted by molar-refractivity contribution is -0.140. The fourth-order valence-electron chi connectivity index (χ4n) is 9.68. The van der Waals surface area contributed by atoms with E-state index in [4.69, 9.17) is 28.9 Å². The SMILES string of the molecule is COc1ccc2c(O[C@@H]3C[C@H]4C(=O)N[C@]5(P(=O)(O)Cc6ccccc6OC)C[C@@H]5CCCCCCC[C@H](NC(=O)OC5CCCC5)C(=O)N4C3)cc(-c3csc(NC(C)C)n3)nc2c1. The van der Waals surface area contributed by atoms with E-state index in [1.807, 2.05) is 49.6 Å². The highest BCUT2D eigenvalue weighted by atomic mass is 32.1. The van der Waals surface area contributed by atoms with Crippen molar-refractivity contribution in [2.45, 2.75) is 139 Å². The van der Waals surface area contributed by atoms with Crippen LogP contribution in [-0.2, 0) is 25.1 Å². The zero-order valence-corrected chi connectivity index (χ0v) is 38.9. The third-order valence-electron chi connectivity index (χ3n) is 13.1. The molecule has 4 N–H and O–H groups in total. The molecule has 8 rings (SSSR count). The third-order valence-corrected chi connectivity index (χ3v) is 16.6. The van der Waals surface area contributed by atoms with E-state index >= 15 is 0 Å². The summed E-state index contributed by atoms with van der Waals surface area (Å²) in [4.78, 5) is 66.5. The van der Waals surface area contributed by atoms with Crippen molar-refractivity contribution in [1.82, 2.24) is 25.5 Å². The Labute approximate surface area is 378 Å². The van der Waals surface area contributed by atoms with Gasteiger partial charge < -0.3 is 44.7 Å². The summed E-state index contributed by atoms with van der Waals surface area (Å²) < 4.78 is 38.5.